The molecule has 0 aromatic heterocycles. The summed E-state index contributed by atoms with van der Waals surface area (Å²) in [5, 5.41) is 3.06. The van der Waals surface area contributed by atoms with Crippen LogP contribution in [0.2, 0.25) is 5.02 Å². The Kier molecular flexibility index (Phi) is 9.17. The molecule has 0 bridgehead atoms. The molecule has 3 aromatic carbocycles. The van der Waals surface area contributed by atoms with Gasteiger partial charge in [-0.25, -0.2) is 13.2 Å². The first-order valence-electron chi connectivity index (χ1n) is 9.94. The summed E-state index contributed by atoms with van der Waals surface area (Å²) < 4.78 is 38.5. The van der Waals surface area contributed by atoms with Gasteiger partial charge < -0.3 is 14.8 Å². The highest BCUT2D eigenvalue weighted by atomic mass is 79.9. The summed E-state index contributed by atoms with van der Waals surface area (Å²) in [6.45, 7) is -0.898. The average Bonchev–Trinajstić information content (AvgIpc) is 2.83. The van der Waals surface area contributed by atoms with E-state index in [1.54, 1.807) is 18.2 Å². The maximum absolute atomic E-state index is 12.8. The van der Waals surface area contributed by atoms with Crippen LogP contribution in [-0.2, 0) is 24.3 Å². The minimum absolute atomic E-state index is 0.101. The van der Waals surface area contributed by atoms with Crippen LogP contribution >= 0.6 is 43.5 Å². The molecule has 35 heavy (non-hydrogen) atoms. The van der Waals surface area contributed by atoms with Crippen LogP contribution in [0, 0.1) is 0 Å². The highest BCUT2D eigenvalue weighted by Crippen LogP contribution is 2.27. The third-order valence-corrected chi connectivity index (χ3v) is 7.80. The number of nitrogens with one attached hydrogen (secondary N) is 1. The molecule has 0 saturated carbocycles. The van der Waals surface area contributed by atoms with Gasteiger partial charge >= 0.3 is 5.97 Å². The summed E-state index contributed by atoms with van der Waals surface area (Å²) in [6, 6.07) is 17.2. The van der Waals surface area contributed by atoms with Crippen LogP contribution < -0.4 is 14.4 Å². The Labute approximate surface area is 224 Å². The molecular weight excluding hydrogens is 628 g/mol. The fourth-order valence-corrected chi connectivity index (χ4v) is 5.23. The van der Waals surface area contributed by atoms with Crippen LogP contribution in [-0.4, -0.2) is 40.6 Å². The first kappa shape index (κ1) is 27.0. The predicted octanol–water partition coefficient (Wildman–Crippen LogP) is 5.25. The number of anilines is 2. The fourth-order valence-electron chi connectivity index (χ4n) is 2.76. The summed E-state index contributed by atoms with van der Waals surface area (Å²) in [6.07, 6.45) is 0. The monoisotopic (exact) mass is 644 g/mol. The molecule has 3 rings (SSSR count). The summed E-state index contributed by atoms with van der Waals surface area (Å²) in [5.74, 6) is -0.913. The molecule has 0 aliphatic heterocycles. The van der Waals surface area contributed by atoms with E-state index in [1.165, 1.54) is 55.6 Å². The number of carbonyl (C=O) groups is 2. The second kappa shape index (κ2) is 11.9. The van der Waals surface area contributed by atoms with E-state index < -0.39 is 35.1 Å². The van der Waals surface area contributed by atoms with Crippen molar-refractivity contribution in [1.29, 1.82) is 0 Å². The van der Waals surface area contributed by atoms with Crippen molar-refractivity contribution in [2.24, 2.45) is 0 Å². The minimum atomic E-state index is -3.77. The Hall–Kier alpha value is -2.60. The summed E-state index contributed by atoms with van der Waals surface area (Å²) in [5.41, 5.74) is 0.930. The Morgan fingerprint density at radius 3 is 2.26 bits per heavy atom. The molecule has 12 heteroatoms. The van der Waals surface area contributed by atoms with Crippen molar-refractivity contribution in [3.63, 3.8) is 0 Å². The molecule has 184 valence electrons. The van der Waals surface area contributed by atoms with E-state index in [0.29, 0.717) is 26.6 Å². The maximum atomic E-state index is 12.8. The predicted molar refractivity (Wildman–Crippen MR) is 140 cm³/mol. The third kappa shape index (κ3) is 7.44. The standard InChI is InChI=1S/C23H19Br2ClN2O6S/c1-28(35(31,32)19-9-3-16(26)4-10-19)17-5-7-18(8-6-17)33-14-23(30)34-13-22(29)27-21-11-2-15(24)12-20(21)25/h2-12H,13-14H2,1H3,(H,27,29). The van der Waals surface area contributed by atoms with Crippen molar-refractivity contribution in [3.8, 4) is 5.75 Å². The van der Waals surface area contributed by atoms with Crippen LogP contribution in [0.15, 0.2) is 80.6 Å². The number of amides is 1. The first-order valence-corrected chi connectivity index (χ1v) is 13.3. The van der Waals surface area contributed by atoms with E-state index in [0.717, 1.165) is 8.78 Å². The van der Waals surface area contributed by atoms with E-state index in [1.807, 2.05) is 0 Å². The molecule has 0 atom stereocenters. The van der Waals surface area contributed by atoms with E-state index in [-0.39, 0.29) is 4.90 Å². The van der Waals surface area contributed by atoms with Crippen molar-refractivity contribution in [2.45, 2.75) is 4.90 Å². The van der Waals surface area contributed by atoms with Gasteiger partial charge in [0.1, 0.15) is 5.75 Å². The average molecular weight is 647 g/mol. The number of ether oxygens (including phenoxy) is 2. The molecule has 1 N–H and O–H groups in total. The third-order valence-electron chi connectivity index (χ3n) is 4.60. The van der Waals surface area contributed by atoms with Crippen molar-refractivity contribution in [1.82, 2.24) is 0 Å². The summed E-state index contributed by atoms with van der Waals surface area (Å²) >= 11 is 12.5. The fraction of sp³-hybridized carbons (Fsp3) is 0.130. The molecular formula is C23H19Br2ClN2O6S. The zero-order valence-electron chi connectivity index (χ0n) is 18.2. The molecule has 0 fully saturated rings. The zero-order chi connectivity index (χ0) is 25.6. The van der Waals surface area contributed by atoms with Crippen molar-refractivity contribution in [2.75, 3.05) is 29.9 Å². The van der Waals surface area contributed by atoms with Crippen LogP contribution in [0.4, 0.5) is 11.4 Å². The number of rotatable bonds is 9. The molecule has 3 aromatic rings. The minimum Gasteiger partial charge on any atom is -0.482 e. The second-order valence-electron chi connectivity index (χ2n) is 7.04. The highest BCUT2D eigenvalue weighted by Gasteiger charge is 2.21. The van der Waals surface area contributed by atoms with Crippen LogP contribution in [0.25, 0.3) is 0 Å². The van der Waals surface area contributed by atoms with E-state index in [4.69, 9.17) is 21.1 Å². The quantitative estimate of drug-likeness (QED) is 0.319. The lowest BCUT2D eigenvalue weighted by atomic mass is 10.3. The van der Waals surface area contributed by atoms with Gasteiger partial charge in [-0.1, -0.05) is 27.5 Å². The molecule has 0 unspecified atom stereocenters. The topological polar surface area (TPSA) is 102 Å². The lowest BCUT2D eigenvalue weighted by Crippen LogP contribution is -2.26. The number of carbonyl (C=O) groups excluding carboxylic acids is 2. The van der Waals surface area contributed by atoms with Gasteiger partial charge in [0.15, 0.2) is 13.2 Å². The Balaban J connectivity index is 1.49. The first-order chi connectivity index (χ1) is 16.6. The van der Waals surface area contributed by atoms with Gasteiger partial charge in [-0.3, -0.25) is 9.10 Å². The Bertz CT molecular complexity index is 1320. The molecule has 0 aliphatic carbocycles. The summed E-state index contributed by atoms with van der Waals surface area (Å²) in [7, 11) is -2.35. The van der Waals surface area contributed by atoms with Gasteiger partial charge in [0.25, 0.3) is 15.9 Å². The van der Waals surface area contributed by atoms with E-state index >= 15 is 0 Å². The van der Waals surface area contributed by atoms with Crippen molar-refractivity contribution >= 4 is 76.7 Å². The molecule has 8 nitrogen and oxygen atoms in total. The van der Waals surface area contributed by atoms with E-state index in [2.05, 4.69) is 37.2 Å². The van der Waals surface area contributed by atoms with Gasteiger partial charge in [-0.2, -0.15) is 0 Å². The molecule has 0 spiro atoms. The number of benzene rings is 3. The van der Waals surface area contributed by atoms with Gasteiger partial charge in [0.05, 0.1) is 16.3 Å². The number of hydrogen-bond acceptors (Lipinski definition) is 6. The maximum Gasteiger partial charge on any atom is 0.344 e. The normalized spacial score (nSPS) is 11.0. The van der Waals surface area contributed by atoms with Crippen molar-refractivity contribution in [3.05, 3.63) is 80.7 Å². The van der Waals surface area contributed by atoms with Gasteiger partial charge in [0.2, 0.25) is 0 Å². The number of nitrogens with zero attached hydrogens (tertiary/aromatic N) is 1. The Morgan fingerprint density at radius 2 is 1.63 bits per heavy atom. The molecule has 0 heterocycles. The number of halogens is 3. The highest BCUT2D eigenvalue weighted by molar-refractivity contribution is 9.11. The number of hydrogen-bond donors (Lipinski definition) is 1. The van der Waals surface area contributed by atoms with Crippen LogP contribution in [0.1, 0.15) is 0 Å². The smallest absolute Gasteiger partial charge is 0.344 e. The Morgan fingerprint density at radius 1 is 0.971 bits per heavy atom. The van der Waals surface area contributed by atoms with Gasteiger partial charge in [-0.15, -0.1) is 0 Å². The zero-order valence-corrected chi connectivity index (χ0v) is 22.9. The number of sulfonamides is 1. The number of esters is 1. The van der Waals surface area contributed by atoms with Crippen LogP contribution in [0.5, 0.6) is 5.75 Å². The lowest BCUT2D eigenvalue weighted by Gasteiger charge is -2.20. The van der Waals surface area contributed by atoms with Gasteiger partial charge in [-0.05, 0) is 82.7 Å². The SMILES string of the molecule is CN(c1ccc(OCC(=O)OCC(=O)Nc2ccc(Br)cc2Br)cc1)S(=O)(=O)c1ccc(Cl)cc1. The molecule has 1 amide bonds. The largest absolute Gasteiger partial charge is 0.482 e. The molecule has 0 aliphatic rings. The van der Waals surface area contributed by atoms with Crippen LogP contribution in [0.3, 0.4) is 0 Å². The van der Waals surface area contributed by atoms with Gasteiger partial charge in [0, 0.05) is 21.0 Å². The lowest BCUT2D eigenvalue weighted by molar-refractivity contribution is -0.149. The second-order valence-corrected chi connectivity index (χ2v) is 11.2. The molecule has 0 saturated heterocycles. The van der Waals surface area contributed by atoms with Crippen molar-refractivity contribution < 1.29 is 27.5 Å². The molecule has 0 radical (unpaired) electrons. The summed E-state index contributed by atoms with van der Waals surface area (Å²) in [4.78, 5) is 24.0. The van der Waals surface area contributed by atoms with E-state index in [9.17, 15) is 18.0 Å².